The number of hydrogen-bond acceptors (Lipinski definition) is 3. The van der Waals surface area contributed by atoms with E-state index in [9.17, 15) is 4.79 Å². The zero-order chi connectivity index (χ0) is 20.4. The molecular weight excluding hydrogens is 491 g/mol. The molecule has 1 aromatic carbocycles. The number of para-hydroxylation sites is 1. The lowest BCUT2D eigenvalue weighted by molar-refractivity contribution is -0.117. The van der Waals surface area contributed by atoms with Crippen LogP contribution in [0.1, 0.15) is 43.1 Å². The van der Waals surface area contributed by atoms with Crippen molar-refractivity contribution in [3.63, 3.8) is 0 Å². The number of benzene rings is 1. The Morgan fingerprint density at radius 1 is 1.30 bits per heavy atom. The quantitative estimate of drug-likeness (QED) is 0.360. The van der Waals surface area contributed by atoms with Gasteiger partial charge in [0.1, 0.15) is 0 Å². The fourth-order valence-electron chi connectivity index (χ4n) is 4.14. The number of aromatic nitrogens is 2. The Labute approximate surface area is 195 Å². The maximum atomic E-state index is 12.3. The largest absolute Gasteiger partial charge is 0.355 e. The van der Waals surface area contributed by atoms with Crippen LogP contribution in [0.2, 0.25) is 0 Å². The summed E-state index contributed by atoms with van der Waals surface area (Å²) < 4.78 is 2.06. The van der Waals surface area contributed by atoms with E-state index in [1.165, 1.54) is 11.3 Å². The fraction of sp³-hybridized carbons (Fsp3) is 0.500. The van der Waals surface area contributed by atoms with Gasteiger partial charge in [0.25, 0.3) is 0 Å². The van der Waals surface area contributed by atoms with Crippen LogP contribution in [-0.2, 0) is 24.1 Å². The van der Waals surface area contributed by atoms with Crippen molar-refractivity contribution in [2.75, 3.05) is 25.0 Å². The molecule has 2 aromatic rings. The summed E-state index contributed by atoms with van der Waals surface area (Å²) in [7, 11) is 1.79. The lowest BCUT2D eigenvalue weighted by Gasteiger charge is -2.25. The molecule has 1 aliphatic carbocycles. The van der Waals surface area contributed by atoms with Crippen molar-refractivity contribution in [2.45, 2.75) is 51.6 Å². The Morgan fingerprint density at radius 2 is 2.10 bits per heavy atom. The molecule has 0 radical (unpaired) electrons. The summed E-state index contributed by atoms with van der Waals surface area (Å²) >= 11 is 0. The molecule has 162 valence electrons. The molecule has 2 aliphatic rings. The number of nitrogens with one attached hydrogen (secondary N) is 2. The zero-order valence-corrected chi connectivity index (χ0v) is 20.2. The van der Waals surface area contributed by atoms with Gasteiger partial charge < -0.3 is 15.5 Å². The highest BCUT2D eigenvalue weighted by Crippen LogP contribution is 2.27. The van der Waals surface area contributed by atoms with Crippen LogP contribution in [0.5, 0.6) is 0 Å². The van der Waals surface area contributed by atoms with Gasteiger partial charge in [0.2, 0.25) is 5.91 Å². The number of rotatable bonds is 5. The van der Waals surface area contributed by atoms with Crippen molar-refractivity contribution < 1.29 is 4.79 Å². The number of aryl methyl sites for hydroxylation is 1. The predicted octanol–water partition coefficient (Wildman–Crippen LogP) is 2.69. The second-order valence-electron chi connectivity index (χ2n) is 8.11. The first-order chi connectivity index (χ1) is 14.0. The Hall–Kier alpha value is -2.10. The van der Waals surface area contributed by atoms with E-state index in [2.05, 4.69) is 40.4 Å². The number of nitrogens with zero attached hydrogens (tertiary/aromatic N) is 4. The van der Waals surface area contributed by atoms with Crippen LogP contribution >= 0.6 is 24.0 Å². The summed E-state index contributed by atoms with van der Waals surface area (Å²) in [6.45, 7) is 5.59. The van der Waals surface area contributed by atoms with E-state index in [4.69, 9.17) is 5.10 Å². The predicted molar refractivity (Wildman–Crippen MR) is 131 cm³/mol. The molecule has 1 unspecified atom stereocenters. The summed E-state index contributed by atoms with van der Waals surface area (Å²) in [5.74, 6) is 0.943. The second-order valence-corrected chi connectivity index (χ2v) is 8.11. The van der Waals surface area contributed by atoms with Crippen molar-refractivity contribution in [3.8, 4) is 0 Å². The molecule has 0 saturated heterocycles. The highest BCUT2D eigenvalue weighted by atomic mass is 127. The zero-order valence-electron chi connectivity index (χ0n) is 17.9. The Bertz CT molecular complexity index is 922. The monoisotopic (exact) mass is 522 g/mol. The molecule has 30 heavy (non-hydrogen) atoms. The number of carbonyl (C=O) groups is 1. The summed E-state index contributed by atoms with van der Waals surface area (Å²) in [5, 5.41) is 11.6. The van der Waals surface area contributed by atoms with E-state index >= 15 is 0 Å². The molecule has 4 rings (SSSR count). The van der Waals surface area contributed by atoms with Crippen molar-refractivity contribution >= 4 is 41.5 Å². The fourth-order valence-corrected chi connectivity index (χ4v) is 4.14. The first-order valence-corrected chi connectivity index (χ1v) is 10.5. The van der Waals surface area contributed by atoms with E-state index in [0.717, 1.165) is 36.5 Å². The normalized spacial score (nSPS) is 18.1. The number of carbonyl (C=O) groups excluding carboxylic acids is 1. The third-order valence-electron chi connectivity index (χ3n) is 5.74. The summed E-state index contributed by atoms with van der Waals surface area (Å²) in [6.07, 6.45) is 5.70. The standard InChI is InChI=1S/C22H30N6O.HI/c1-15(2)28-14-17-8-9-18(13-19(17)26-28)25-22(23-3)24-10-11-27-20-7-5-4-6-16(20)12-21(27)29;/h4-7,14-15,18H,8-13H2,1-3H3,(H2,23,24,25);1H. The highest BCUT2D eigenvalue weighted by molar-refractivity contribution is 14.0. The topological polar surface area (TPSA) is 74.6 Å². The number of aliphatic imine (C=N–C) groups is 1. The molecule has 0 fully saturated rings. The summed E-state index contributed by atoms with van der Waals surface area (Å²) in [5.41, 5.74) is 4.70. The molecule has 1 aromatic heterocycles. The Kier molecular flexibility index (Phi) is 7.38. The first-order valence-electron chi connectivity index (χ1n) is 10.5. The van der Waals surface area contributed by atoms with Crippen LogP contribution in [0.25, 0.3) is 0 Å². The average molecular weight is 522 g/mol. The molecule has 1 aliphatic heterocycles. The van der Waals surface area contributed by atoms with Crippen LogP contribution in [0.4, 0.5) is 5.69 Å². The van der Waals surface area contributed by atoms with Gasteiger partial charge in [-0.25, -0.2) is 0 Å². The Morgan fingerprint density at radius 3 is 2.87 bits per heavy atom. The molecular formula is C22H31IN6O. The molecule has 2 heterocycles. The van der Waals surface area contributed by atoms with Crippen LogP contribution in [0, 0.1) is 0 Å². The lowest BCUT2D eigenvalue weighted by atomic mass is 9.94. The van der Waals surface area contributed by atoms with E-state index in [1.807, 2.05) is 29.2 Å². The van der Waals surface area contributed by atoms with Crippen molar-refractivity contribution in [2.24, 2.45) is 4.99 Å². The van der Waals surface area contributed by atoms with E-state index < -0.39 is 0 Å². The van der Waals surface area contributed by atoms with Gasteiger partial charge in [-0.2, -0.15) is 5.10 Å². The lowest BCUT2D eigenvalue weighted by Crippen LogP contribution is -2.47. The average Bonchev–Trinajstić information content (AvgIpc) is 3.28. The highest BCUT2D eigenvalue weighted by Gasteiger charge is 2.26. The van der Waals surface area contributed by atoms with Crippen LogP contribution in [0.15, 0.2) is 35.5 Å². The van der Waals surface area contributed by atoms with Gasteiger partial charge in [0, 0.05) is 50.5 Å². The van der Waals surface area contributed by atoms with Gasteiger partial charge in [-0.1, -0.05) is 18.2 Å². The second kappa shape index (κ2) is 9.80. The molecule has 0 bridgehead atoms. The van der Waals surface area contributed by atoms with Gasteiger partial charge in [0.15, 0.2) is 5.96 Å². The molecule has 7 nitrogen and oxygen atoms in total. The minimum absolute atomic E-state index is 0. The third kappa shape index (κ3) is 4.79. The minimum Gasteiger partial charge on any atom is -0.355 e. The van der Waals surface area contributed by atoms with Crippen LogP contribution in [-0.4, -0.2) is 47.8 Å². The molecule has 2 N–H and O–H groups in total. The van der Waals surface area contributed by atoms with Gasteiger partial charge in [-0.05, 0) is 43.9 Å². The maximum Gasteiger partial charge on any atom is 0.231 e. The van der Waals surface area contributed by atoms with E-state index in [1.54, 1.807) is 7.05 Å². The van der Waals surface area contributed by atoms with Crippen molar-refractivity contribution in [1.29, 1.82) is 0 Å². The number of anilines is 1. The van der Waals surface area contributed by atoms with E-state index in [0.29, 0.717) is 31.6 Å². The van der Waals surface area contributed by atoms with Gasteiger partial charge in [0.05, 0.1) is 12.1 Å². The summed E-state index contributed by atoms with van der Waals surface area (Å²) in [6, 6.07) is 8.72. The number of guanidine groups is 1. The molecule has 1 amide bonds. The van der Waals surface area contributed by atoms with Crippen molar-refractivity contribution in [3.05, 3.63) is 47.3 Å². The van der Waals surface area contributed by atoms with Gasteiger partial charge >= 0.3 is 0 Å². The van der Waals surface area contributed by atoms with E-state index in [-0.39, 0.29) is 29.9 Å². The Balaban J connectivity index is 0.00000256. The van der Waals surface area contributed by atoms with Crippen LogP contribution in [0.3, 0.4) is 0 Å². The summed E-state index contributed by atoms with van der Waals surface area (Å²) in [4.78, 5) is 18.5. The number of fused-ring (bicyclic) bond motifs is 2. The molecule has 0 spiro atoms. The molecule has 0 saturated carbocycles. The maximum absolute atomic E-state index is 12.3. The number of amides is 1. The third-order valence-corrected chi connectivity index (χ3v) is 5.74. The number of halogens is 1. The SMILES string of the molecule is CN=C(NCCN1C(=O)Cc2ccccc21)NC1CCc2cn(C(C)C)nc2C1.I. The number of hydrogen-bond donors (Lipinski definition) is 2. The molecule has 1 atom stereocenters. The van der Waals surface area contributed by atoms with Crippen molar-refractivity contribution in [1.82, 2.24) is 20.4 Å². The van der Waals surface area contributed by atoms with Gasteiger partial charge in [-0.15, -0.1) is 24.0 Å². The van der Waals surface area contributed by atoms with Crippen LogP contribution < -0.4 is 15.5 Å². The molecule has 8 heteroatoms. The smallest absolute Gasteiger partial charge is 0.231 e. The first kappa shape index (κ1) is 22.6. The van der Waals surface area contributed by atoms with Gasteiger partial charge in [-0.3, -0.25) is 14.5 Å². The minimum atomic E-state index is 0.